The lowest BCUT2D eigenvalue weighted by atomic mass is 10.1. The number of rotatable bonds is 8. The van der Waals surface area contributed by atoms with Crippen molar-refractivity contribution in [3.63, 3.8) is 0 Å². The Kier molecular flexibility index (Phi) is 6.84. The normalized spacial score (nSPS) is 15.2. The molecule has 2 N–H and O–H groups in total. The van der Waals surface area contributed by atoms with Crippen LogP contribution in [-0.4, -0.2) is 30.4 Å². The molecule has 1 amide bonds. The molecule has 1 fully saturated rings. The summed E-state index contributed by atoms with van der Waals surface area (Å²) in [5.74, 6) is 0.794. The number of nitrogens with one attached hydrogen (secondary N) is 2. The van der Waals surface area contributed by atoms with Gasteiger partial charge in [-0.2, -0.15) is 0 Å². The minimum atomic E-state index is -0.211. The third kappa shape index (κ3) is 5.11. The minimum absolute atomic E-state index is 0.211. The molecule has 6 heteroatoms. The van der Waals surface area contributed by atoms with Gasteiger partial charge in [0.05, 0.1) is 22.9 Å². The zero-order chi connectivity index (χ0) is 20.8. The summed E-state index contributed by atoms with van der Waals surface area (Å²) in [4.78, 5) is 15.0. The lowest BCUT2D eigenvalue weighted by Gasteiger charge is -2.26. The SMILES string of the molecule is O=C(Nc1cccc(CNC[C@H](c2ccco2)N2CCCC2)c1)c1ccccc1Cl. The number of carbonyl (C=O) groups is 1. The second kappa shape index (κ2) is 9.94. The number of likely N-dealkylation sites (tertiary alicyclic amines) is 1. The zero-order valence-electron chi connectivity index (χ0n) is 16.8. The molecule has 2 heterocycles. The molecule has 0 bridgehead atoms. The molecule has 0 spiro atoms. The number of amides is 1. The quantitative estimate of drug-likeness (QED) is 0.528. The molecular weight excluding hydrogens is 398 g/mol. The molecule has 1 aliphatic rings. The van der Waals surface area contributed by atoms with Crippen LogP contribution < -0.4 is 10.6 Å². The Morgan fingerprint density at radius 2 is 1.90 bits per heavy atom. The summed E-state index contributed by atoms with van der Waals surface area (Å²) in [6.07, 6.45) is 4.22. The zero-order valence-corrected chi connectivity index (χ0v) is 17.6. The van der Waals surface area contributed by atoms with Crippen LogP contribution in [0.3, 0.4) is 0 Å². The first-order chi connectivity index (χ1) is 14.7. The van der Waals surface area contributed by atoms with Crippen LogP contribution in [0.15, 0.2) is 71.3 Å². The highest BCUT2D eigenvalue weighted by Gasteiger charge is 2.25. The van der Waals surface area contributed by atoms with Crippen molar-refractivity contribution in [1.82, 2.24) is 10.2 Å². The summed E-state index contributed by atoms with van der Waals surface area (Å²) in [5, 5.41) is 6.93. The average molecular weight is 424 g/mol. The van der Waals surface area contributed by atoms with Crippen LogP contribution in [0.4, 0.5) is 5.69 Å². The maximum Gasteiger partial charge on any atom is 0.257 e. The van der Waals surface area contributed by atoms with Crippen molar-refractivity contribution in [1.29, 1.82) is 0 Å². The number of benzene rings is 2. The fraction of sp³-hybridized carbons (Fsp3) is 0.292. The van der Waals surface area contributed by atoms with E-state index >= 15 is 0 Å². The highest BCUT2D eigenvalue weighted by atomic mass is 35.5. The number of halogens is 1. The topological polar surface area (TPSA) is 57.5 Å². The largest absolute Gasteiger partial charge is 0.468 e. The first-order valence-corrected chi connectivity index (χ1v) is 10.7. The molecule has 0 saturated carbocycles. The van der Waals surface area contributed by atoms with E-state index in [1.165, 1.54) is 12.8 Å². The van der Waals surface area contributed by atoms with Gasteiger partial charge in [-0.1, -0.05) is 35.9 Å². The molecule has 1 aliphatic heterocycles. The molecule has 0 unspecified atom stereocenters. The number of furan rings is 1. The minimum Gasteiger partial charge on any atom is -0.468 e. The molecule has 30 heavy (non-hydrogen) atoms. The molecule has 5 nitrogen and oxygen atoms in total. The van der Waals surface area contributed by atoms with Crippen LogP contribution in [0.25, 0.3) is 0 Å². The number of hydrogen-bond donors (Lipinski definition) is 2. The first-order valence-electron chi connectivity index (χ1n) is 10.3. The lowest BCUT2D eigenvalue weighted by molar-refractivity contribution is 0.102. The molecule has 4 rings (SSSR count). The van der Waals surface area contributed by atoms with Crippen molar-refractivity contribution < 1.29 is 9.21 Å². The molecule has 0 aliphatic carbocycles. The van der Waals surface area contributed by atoms with E-state index in [1.54, 1.807) is 24.5 Å². The lowest BCUT2D eigenvalue weighted by Crippen LogP contribution is -2.33. The van der Waals surface area contributed by atoms with Gasteiger partial charge in [-0.15, -0.1) is 0 Å². The summed E-state index contributed by atoms with van der Waals surface area (Å²) >= 11 is 6.13. The highest BCUT2D eigenvalue weighted by molar-refractivity contribution is 6.34. The van der Waals surface area contributed by atoms with E-state index in [0.717, 1.165) is 36.6 Å². The summed E-state index contributed by atoms with van der Waals surface area (Å²) in [6, 6.07) is 19.2. The van der Waals surface area contributed by atoms with Gasteiger partial charge in [0.2, 0.25) is 0 Å². The first kappa shape index (κ1) is 20.7. The van der Waals surface area contributed by atoms with Crippen LogP contribution in [0, 0.1) is 0 Å². The Hall–Kier alpha value is -2.60. The third-order valence-electron chi connectivity index (χ3n) is 5.42. The van der Waals surface area contributed by atoms with Gasteiger partial charge in [0, 0.05) is 18.8 Å². The van der Waals surface area contributed by atoms with Crippen LogP contribution in [-0.2, 0) is 6.54 Å². The van der Waals surface area contributed by atoms with Crippen molar-refractivity contribution in [3.05, 3.63) is 88.8 Å². The van der Waals surface area contributed by atoms with Crippen molar-refractivity contribution >= 4 is 23.2 Å². The Labute approximate surface area is 182 Å². The van der Waals surface area contributed by atoms with Crippen LogP contribution in [0.5, 0.6) is 0 Å². The van der Waals surface area contributed by atoms with Crippen LogP contribution in [0.1, 0.15) is 40.6 Å². The monoisotopic (exact) mass is 423 g/mol. The molecule has 1 atom stereocenters. The molecule has 0 radical (unpaired) electrons. The fourth-order valence-corrected chi connectivity index (χ4v) is 4.12. The molecule has 1 aromatic heterocycles. The van der Waals surface area contributed by atoms with E-state index in [2.05, 4.69) is 27.7 Å². The van der Waals surface area contributed by atoms with Crippen molar-refractivity contribution in [2.24, 2.45) is 0 Å². The van der Waals surface area contributed by atoms with Gasteiger partial charge in [-0.3, -0.25) is 9.69 Å². The van der Waals surface area contributed by atoms with Gasteiger partial charge in [0.1, 0.15) is 5.76 Å². The summed E-state index contributed by atoms with van der Waals surface area (Å²) < 4.78 is 5.69. The summed E-state index contributed by atoms with van der Waals surface area (Å²) in [5.41, 5.74) is 2.32. The van der Waals surface area contributed by atoms with Gasteiger partial charge in [-0.05, 0) is 67.9 Å². The summed E-state index contributed by atoms with van der Waals surface area (Å²) in [6.45, 7) is 3.73. The Morgan fingerprint density at radius 1 is 1.07 bits per heavy atom. The maximum atomic E-state index is 12.5. The molecule has 156 valence electrons. The Morgan fingerprint density at radius 3 is 2.67 bits per heavy atom. The van der Waals surface area contributed by atoms with E-state index in [0.29, 0.717) is 17.1 Å². The second-order valence-electron chi connectivity index (χ2n) is 7.54. The van der Waals surface area contributed by atoms with E-state index in [1.807, 2.05) is 30.3 Å². The van der Waals surface area contributed by atoms with Gasteiger partial charge in [0.15, 0.2) is 0 Å². The molecule has 2 aromatic carbocycles. The van der Waals surface area contributed by atoms with E-state index in [9.17, 15) is 4.79 Å². The van der Waals surface area contributed by atoms with Gasteiger partial charge in [0.25, 0.3) is 5.91 Å². The van der Waals surface area contributed by atoms with E-state index in [4.69, 9.17) is 16.0 Å². The number of nitrogens with zero attached hydrogens (tertiary/aromatic N) is 1. The van der Waals surface area contributed by atoms with Gasteiger partial charge >= 0.3 is 0 Å². The fourth-order valence-electron chi connectivity index (χ4n) is 3.90. The van der Waals surface area contributed by atoms with Gasteiger partial charge in [-0.25, -0.2) is 0 Å². The predicted molar refractivity (Wildman–Crippen MR) is 120 cm³/mol. The standard InChI is InChI=1S/C24H26ClN3O2/c25-21-10-2-1-9-20(21)24(29)27-19-8-5-7-18(15-19)16-26-17-22(23-11-6-14-30-23)28-12-3-4-13-28/h1-2,5-11,14-15,22,26H,3-4,12-13,16-17H2,(H,27,29)/t22-/m1/s1. The number of hydrogen-bond acceptors (Lipinski definition) is 4. The molecule has 1 saturated heterocycles. The van der Waals surface area contributed by atoms with Crippen LogP contribution >= 0.6 is 11.6 Å². The smallest absolute Gasteiger partial charge is 0.257 e. The number of anilines is 1. The second-order valence-corrected chi connectivity index (χ2v) is 7.95. The Balaban J connectivity index is 1.36. The third-order valence-corrected chi connectivity index (χ3v) is 5.75. The van der Waals surface area contributed by atoms with E-state index in [-0.39, 0.29) is 11.9 Å². The highest BCUT2D eigenvalue weighted by Crippen LogP contribution is 2.25. The Bertz CT molecular complexity index is 968. The molecule has 3 aromatic rings. The maximum absolute atomic E-state index is 12.5. The molecular formula is C24H26ClN3O2. The van der Waals surface area contributed by atoms with Crippen molar-refractivity contribution in [3.8, 4) is 0 Å². The van der Waals surface area contributed by atoms with Gasteiger partial charge < -0.3 is 15.1 Å². The van der Waals surface area contributed by atoms with Crippen LogP contribution in [0.2, 0.25) is 5.02 Å². The van der Waals surface area contributed by atoms with Crippen molar-refractivity contribution in [2.45, 2.75) is 25.4 Å². The summed E-state index contributed by atoms with van der Waals surface area (Å²) in [7, 11) is 0. The van der Waals surface area contributed by atoms with Crippen molar-refractivity contribution in [2.75, 3.05) is 25.0 Å². The average Bonchev–Trinajstić information content (AvgIpc) is 3.46. The predicted octanol–water partition coefficient (Wildman–Crippen LogP) is 5.11. The van der Waals surface area contributed by atoms with E-state index < -0.39 is 0 Å². The number of carbonyl (C=O) groups excluding carboxylic acids is 1.